The summed E-state index contributed by atoms with van der Waals surface area (Å²) in [5, 5.41) is 3.71. The summed E-state index contributed by atoms with van der Waals surface area (Å²) in [6.07, 6.45) is 10.1. The van der Waals surface area contributed by atoms with Crippen LogP contribution in [0.3, 0.4) is 0 Å². The van der Waals surface area contributed by atoms with Gasteiger partial charge in [-0.3, -0.25) is 4.79 Å². The summed E-state index contributed by atoms with van der Waals surface area (Å²) in [7, 11) is 0. The number of nitrogens with two attached hydrogens (primary N) is 1. The van der Waals surface area contributed by atoms with Crippen LogP contribution in [0.5, 0.6) is 0 Å². The molecule has 3 N–H and O–H groups in total. The first-order chi connectivity index (χ1) is 8.68. The van der Waals surface area contributed by atoms with Crippen LogP contribution in [-0.2, 0) is 4.79 Å². The molecule has 2 fully saturated rings. The highest BCUT2D eigenvalue weighted by Crippen LogP contribution is 2.29. The van der Waals surface area contributed by atoms with Gasteiger partial charge >= 0.3 is 0 Å². The number of amides is 1. The highest BCUT2D eigenvalue weighted by molar-refractivity contribution is 7.99. The molecule has 0 bridgehead atoms. The molecule has 0 radical (unpaired) electrons. The van der Waals surface area contributed by atoms with Gasteiger partial charge in [0.2, 0.25) is 5.91 Å². The Balaban J connectivity index is 1.67. The summed E-state index contributed by atoms with van der Waals surface area (Å²) in [6.45, 7) is 0.833. The highest BCUT2D eigenvalue weighted by atomic mass is 32.2. The van der Waals surface area contributed by atoms with Gasteiger partial charge in [-0.05, 0) is 31.4 Å². The molecule has 1 heterocycles. The third kappa shape index (κ3) is 4.47. The minimum Gasteiger partial charge on any atom is -0.355 e. The Morgan fingerprint density at radius 3 is 2.67 bits per heavy atom. The van der Waals surface area contributed by atoms with Crippen LogP contribution >= 0.6 is 11.8 Å². The second-order valence-electron chi connectivity index (χ2n) is 5.89. The van der Waals surface area contributed by atoms with E-state index in [1.165, 1.54) is 44.3 Å². The van der Waals surface area contributed by atoms with E-state index in [0.29, 0.717) is 11.7 Å². The molecule has 1 amide bonds. The zero-order chi connectivity index (χ0) is 12.8. The fourth-order valence-electron chi connectivity index (χ4n) is 3.01. The van der Waals surface area contributed by atoms with Gasteiger partial charge in [0.15, 0.2) is 0 Å². The van der Waals surface area contributed by atoms with Crippen molar-refractivity contribution in [3.05, 3.63) is 0 Å². The standard InChI is InChI=1S/C14H26N2OS/c15-14(7-3-1-4-8-14)10-13(17)16-11-12-6-2-5-9-18-12/h12H,1-11,15H2,(H,16,17). The van der Waals surface area contributed by atoms with E-state index in [1.54, 1.807) is 0 Å². The molecule has 1 atom stereocenters. The minimum atomic E-state index is -0.220. The van der Waals surface area contributed by atoms with Crippen LogP contribution in [0.25, 0.3) is 0 Å². The SMILES string of the molecule is NC1(CC(=O)NCC2CCCCS2)CCCCC1. The van der Waals surface area contributed by atoms with E-state index >= 15 is 0 Å². The van der Waals surface area contributed by atoms with Crippen molar-refractivity contribution in [2.45, 2.75) is 68.6 Å². The third-order valence-corrected chi connectivity index (χ3v) is 5.56. The molecule has 1 saturated heterocycles. The fraction of sp³-hybridized carbons (Fsp3) is 0.929. The molecule has 0 spiro atoms. The molecule has 2 rings (SSSR count). The summed E-state index contributed by atoms with van der Waals surface area (Å²) in [4.78, 5) is 12.0. The normalized spacial score (nSPS) is 27.7. The molecule has 0 aromatic carbocycles. The summed E-state index contributed by atoms with van der Waals surface area (Å²) in [6, 6.07) is 0. The minimum absolute atomic E-state index is 0.158. The van der Waals surface area contributed by atoms with Crippen LogP contribution in [0.1, 0.15) is 57.8 Å². The number of rotatable bonds is 4. The van der Waals surface area contributed by atoms with Gasteiger partial charge in [0.05, 0.1) is 0 Å². The van der Waals surface area contributed by atoms with Crippen LogP contribution in [0.2, 0.25) is 0 Å². The number of carbonyl (C=O) groups excluding carboxylic acids is 1. The molecular formula is C14H26N2OS. The molecule has 1 unspecified atom stereocenters. The van der Waals surface area contributed by atoms with Gasteiger partial charge < -0.3 is 11.1 Å². The number of nitrogens with one attached hydrogen (secondary N) is 1. The van der Waals surface area contributed by atoms with E-state index in [-0.39, 0.29) is 11.4 Å². The van der Waals surface area contributed by atoms with Crippen molar-refractivity contribution in [3.63, 3.8) is 0 Å². The topological polar surface area (TPSA) is 55.1 Å². The Morgan fingerprint density at radius 2 is 2.00 bits per heavy atom. The molecule has 18 heavy (non-hydrogen) atoms. The fourth-order valence-corrected chi connectivity index (χ4v) is 4.25. The lowest BCUT2D eigenvalue weighted by Crippen LogP contribution is -2.46. The van der Waals surface area contributed by atoms with Crippen LogP contribution in [-0.4, -0.2) is 29.0 Å². The number of thioether (sulfide) groups is 1. The average molecular weight is 270 g/mol. The lowest BCUT2D eigenvalue weighted by molar-refractivity contribution is -0.122. The van der Waals surface area contributed by atoms with E-state index in [2.05, 4.69) is 5.32 Å². The van der Waals surface area contributed by atoms with Crippen LogP contribution < -0.4 is 11.1 Å². The van der Waals surface area contributed by atoms with Gasteiger partial charge in [-0.2, -0.15) is 11.8 Å². The molecule has 0 aromatic rings. The van der Waals surface area contributed by atoms with Gasteiger partial charge in [-0.15, -0.1) is 0 Å². The van der Waals surface area contributed by atoms with Crippen LogP contribution in [0.4, 0.5) is 0 Å². The van der Waals surface area contributed by atoms with E-state index in [1.807, 2.05) is 11.8 Å². The predicted octanol–water partition coefficient (Wildman–Crippen LogP) is 2.44. The quantitative estimate of drug-likeness (QED) is 0.825. The third-order valence-electron chi connectivity index (χ3n) is 4.16. The Hall–Kier alpha value is -0.220. The van der Waals surface area contributed by atoms with Crippen molar-refractivity contribution in [1.82, 2.24) is 5.32 Å². The maximum Gasteiger partial charge on any atom is 0.221 e. The van der Waals surface area contributed by atoms with E-state index in [0.717, 1.165) is 19.4 Å². The highest BCUT2D eigenvalue weighted by Gasteiger charge is 2.30. The van der Waals surface area contributed by atoms with Gasteiger partial charge in [0.1, 0.15) is 0 Å². The van der Waals surface area contributed by atoms with E-state index in [4.69, 9.17) is 5.73 Å². The maximum absolute atomic E-state index is 12.0. The number of carbonyl (C=O) groups is 1. The summed E-state index contributed by atoms with van der Waals surface area (Å²) >= 11 is 2.00. The molecule has 1 aliphatic carbocycles. The lowest BCUT2D eigenvalue weighted by atomic mass is 9.80. The Kier molecular flexibility index (Phi) is 5.37. The molecular weight excluding hydrogens is 244 g/mol. The first-order valence-corrected chi connectivity index (χ1v) is 8.40. The van der Waals surface area contributed by atoms with Gasteiger partial charge in [0.25, 0.3) is 0 Å². The summed E-state index contributed by atoms with van der Waals surface area (Å²) < 4.78 is 0. The van der Waals surface area contributed by atoms with Crippen molar-refractivity contribution in [2.75, 3.05) is 12.3 Å². The Labute approximate surface area is 115 Å². The monoisotopic (exact) mass is 270 g/mol. The van der Waals surface area contributed by atoms with Gasteiger partial charge in [-0.25, -0.2) is 0 Å². The maximum atomic E-state index is 12.0. The number of hydrogen-bond acceptors (Lipinski definition) is 3. The molecule has 104 valence electrons. The lowest BCUT2D eigenvalue weighted by Gasteiger charge is -2.33. The van der Waals surface area contributed by atoms with E-state index in [9.17, 15) is 4.79 Å². The largest absolute Gasteiger partial charge is 0.355 e. The van der Waals surface area contributed by atoms with Crippen molar-refractivity contribution in [3.8, 4) is 0 Å². The van der Waals surface area contributed by atoms with E-state index < -0.39 is 0 Å². The predicted molar refractivity (Wildman–Crippen MR) is 77.7 cm³/mol. The molecule has 0 aromatic heterocycles. The summed E-state index contributed by atoms with van der Waals surface area (Å²) in [5.41, 5.74) is 6.08. The second-order valence-corrected chi connectivity index (χ2v) is 7.30. The van der Waals surface area contributed by atoms with Crippen LogP contribution in [0, 0.1) is 0 Å². The second kappa shape index (κ2) is 6.80. The molecule has 1 saturated carbocycles. The van der Waals surface area contributed by atoms with Crippen molar-refractivity contribution in [1.29, 1.82) is 0 Å². The first kappa shape index (κ1) is 14.2. The van der Waals surface area contributed by atoms with Gasteiger partial charge in [-0.1, -0.05) is 25.7 Å². The van der Waals surface area contributed by atoms with Crippen molar-refractivity contribution >= 4 is 17.7 Å². The Bertz CT molecular complexity index is 271. The zero-order valence-corrected chi connectivity index (χ0v) is 12.1. The number of hydrogen-bond donors (Lipinski definition) is 2. The van der Waals surface area contributed by atoms with Crippen molar-refractivity contribution < 1.29 is 4.79 Å². The molecule has 3 nitrogen and oxygen atoms in total. The van der Waals surface area contributed by atoms with Crippen LogP contribution in [0.15, 0.2) is 0 Å². The average Bonchev–Trinajstić information content (AvgIpc) is 2.38. The first-order valence-electron chi connectivity index (χ1n) is 7.35. The Morgan fingerprint density at radius 1 is 1.22 bits per heavy atom. The molecule has 4 heteroatoms. The molecule has 2 aliphatic rings. The smallest absolute Gasteiger partial charge is 0.221 e. The summed E-state index contributed by atoms with van der Waals surface area (Å²) in [5.74, 6) is 1.41. The zero-order valence-electron chi connectivity index (χ0n) is 11.2. The van der Waals surface area contributed by atoms with Crippen molar-refractivity contribution in [2.24, 2.45) is 5.73 Å². The molecule has 1 aliphatic heterocycles. The van der Waals surface area contributed by atoms with Gasteiger partial charge in [0, 0.05) is 23.8 Å².